The SMILES string of the molecule is O=C(Nc1ncccc1OCC1CCCCC1)c1cc(Br)cnc1Cl. The number of carbonyl (C=O) groups excluding carboxylic acids is 1. The molecule has 1 aliphatic carbocycles. The fraction of sp³-hybridized carbons (Fsp3) is 0.389. The Hall–Kier alpha value is -1.66. The van der Waals surface area contributed by atoms with Crippen LogP contribution < -0.4 is 10.1 Å². The summed E-state index contributed by atoms with van der Waals surface area (Å²) in [5.41, 5.74) is 0.278. The van der Waals surface area contributed by atoms with E-state index in [0.717, 1.165) is 0 Å². The van der Waals surface area contributed by atoms with Gasteiger partial charge in [0.1, 0.15) is 5.15 Å². The summed E-state index contributed by atoms with van der Waals surface area (Å²) in [6.45, 7) is 0.647. The summed E-state index contributed by atoms with van der Waals surface area (Å²) in [6.07, 6.45) is 9.38. The molecule has 1 N–H and O–H groups in total. The molecule has 2 aromatic heterocycles. The number of nitrogens with one attached hydrogen (secondary N) is 1. The normalized spacial score (nSPS) is 15.0. The Labute approximate surface area is 160 Å². The lowest BCUT2D eigenvalue weighted by Crippen LogP contribution is -2.18. The summed E-state index contributed by atoms with van der Waals surface area (Å²) >= 11 is 9.31. The third kappa shape index (κ3) is 4.92. The molecule has 0 saturated heterocycles. The van der Waals surface area contributed by atoms with Crippen LogP contribution in [-0.2, 0) is 0 Å². The van der Waals surface area contributed by atoms with E-state index in [1.54, 1.807) is 24.5 Å². The van der Waals surface area contributed by atoms with Crippen molar-refractivity contribution < 1.29 is 9.53 Å². The smallest absolute Gasteiger partial charge is 0.260 e. The molecule has 1 amide bonds. The maximum Gasteiger partial charge on any atom is 0.260 e. The third-order valence-corrected chi connectivity index (χ3v) is 4.99. The number of hydrogen-bond donors (Lipinski definition) is 1. The highest BCUT2D eigenvalue weighted by atomic mass is 79.9. The third-order valence-electron chi connectivity index (χ3n) is 4.25. The Morgan fingerprint density at radius 1 is 1.32 bits per heavy atom. The number of rotatable bonds is 5. The summed E-state index contributed by atoms with van der Waals surface area (Å²) < 4.78 is 6.61. The van der Waals surface area contributed by atoms with Gasteiger partial charge in [-0.15, -0.1) is 0 Å². The van der Waals surface area contributed by atoms with E-state index >= 15 is 0 Å². The zero-order valence-corrected chi connectivity index (χ0v) is 16.0. The monoisotopic (exact) mass is 423 g/mol. The molecule has 0 atom stereocenters. The van der Waals surface area contributed by atoms with Crippen LogP contribution in [0.3, 0.4) is 0 Å². The lowest BCUT2D eigenvalue weighted by Gasteiger charge is -2.22. The van der Waals surface area contributed by atoms with E-state index in [0.29, 0.717) is 28.6 Å². The minimum absolute atomic E-state index is 0.140. The molecule has 0 bridgehead atoms. The van der Waals surface area contributed by atoms with Gasteiger partial charge in [0.25, 0.3) is 5.91 Å². The van der Waals surface area contributed by atoms with Crippen molar-refractivity contribution in [1.29, 1.82) is 0 Å². The van der Waals surface area contributed by atoms with E-state index in [1.165, 1.54) is 32.1 Å². The predicted octanol–water partition coefficient (Wildman–Crippen LogP) is 5.10. The molecule has 0 unspecified atom stereocenters. The van der Waals surface area contributed by atoms with Crippen LogP contribution in [0.4, 0.5) is 5.82 Å². The average molecular weight is 425 g/mol. The van der Waals surface area contributed by atoms with Crippen LogP contribution in [0.1, 0.15) is 42.5 Å². The second-order valence-corrected chi connectivity index (χ2v) is 7.38. The Morgan fingerprint density at radius 2 is 2.12 bits per heavy atom. The number of hydrogen-bond acceptors (Lipinski definition) is 4. The zero-order chi connectivity index (χ0) is 17.6. The number of halogens is 2. The topological polar surface area (TPSA) is 64.1 Å². The van der Waals surface area contributed by atoms with Gasteiger partial charge in [-0.3, -0.25) is 4.79 Å². The van der Waals surface area contributed by atoms with Crippen molar-refractivity contribution in [3.63, 3.8) is 0 Å². The second-order valence-electron chi connectivity index (χ2n) is 6.11. The van der Waals surface area contributed by atoms with Crippen molar-refractivity contribution in [2.24, 2.45) is 5.92 Å². The highest BCUT2D eigenvalue weighted by Crippen LogP contribution is 2.27. The lowest BCUT2D eigenvalue weighted by molar-refractivity contribution is 0.102. The molecular weight excluding hydrogens is 406 g/mol. The maximum atomic E-state index is 12.5. The summed E-state index contributed by atoms with van der Waals surface area (Å²) in [6, 6.07) is 5.22. The van der Waals surface area contributed by atoms with Gasteiger partial charge in [0.15, 0.2) is 11.6 Å². The van der Waals surface area contributed by atoms with E-state index in [2.05, 4.69) is 31.2 Å². The summed E-state index contributed by atoms with van der Waals surface area (Å²) in [5, 5.41) is 2.90. The molecule has 1 fully saturated rings. The van der Waals surface area contributed by atoms with Crippen molar-refractivity contribution in [3.8, 4) is 5.75 Å². The van der Waals surface area contributed by atoms with Gasteiger partial charge in [-0.2, -0.15) is 0 Å². The molecule has 25 heavy (non-hydrogen) atoms. The number of carbonyl (C=O) groups is 1. The predicted molar refractivity (Wildman–Crippen MR) is 101 cm³/mol. The van der Waals surface area contributed by atoms with Gasteiger partial charge in [-0.25, -0.2) is 9.97 Å². The Bertz CT molecular complexity index is 751. The van der Waals surface area contributed by atoms with Gasteiger partial charge in [-0.05, 0) is 52.9 Å². The number of aromatic nitrogens is 2. The molecule has 0 spiro atoms. The van der Waals surface area contributed by atoms with Crippen LogP contribution in [0.25, 0.3) is 0 Å². The van der Waals surface area contributed by atoms with Crippen LogP contribution in [0.15, 0.2) is 35.1 Å². The highest BCUT2D eigenvalue weighted by molar-refractivity contribution is 9.10. The van der Waals surface area contributed by atoms with E-state index in [-0.39, 0.29) is 16.6 Å². The molecule has 2 aromatic rings. The van der Waals surface area contributed by atoms with E-state index in [9.17, 15) is 4.79 Å². The fourth-order valence-electron chi connectivity index (χ4n) is 2.92. The summed E-state index contributed by atoms with van der Waals surface area (Å²) in [4.78, 5) is 20.7. The van der Waals surface area contributed by atoms with Crippen LogP contribution in [0.5, 0.6) is 5.75 Å². The van der Waals surface area contributed by atoms with Gasteiger partial charge in [0.2, 0.25) is 0 Å². The van der Waals surface area contributed by atoms with Crippen molar-refractivity contribution >= 4 is 39.3 Å². The molecule has 1 aliphatic rings. The largest absolute Gasteiger partial charge is 0.489 e. The van der Waals surface area contributed by atoms with Crippen LogP contribution in [-0.4, -0.2) is 22.5 Å². The number of anilines is 1. The minimum atomic E-state index is -0.375. The molecule has 132 valence electrons. The summed E-state index contributed by atoms with van der Waals surface area (Å²) in [7, 11) is 0. The first-order valence-corrected chi connectivity index (χ1v) is 9.51. The molecular formula is C18H19BrClN3O2. The van der Waals surface area contributed by atoms with Gasteiger partial charge in [0, 0.05) is 16.9 Å². The number of ether oxygens (including phenoxy) is 1. The number of nitrogens with zero attached hydrogens (tertiary/aromatic N) is 2. The van der Waals surface area contributed by atoms with Crippen molar-refractivity contribution in [1.82, 2.24) is 9.97 Å². The molecule has 3 rings (SSSR count). The first-order chi connectivity index (χ1) is 12.1. The van der Waals surface area contributed by atoms with Gasteiger partial charge >= 0.3 is 0 Å². The summed E-state index contributed by atoms with van der Waals surface area (Å²) in [5.74, 6) is 1.15. The highest BCUT2D eigenvalue weighted by Gasteiger charge is 2.17. The van der Waals surface area contributed by atoms with Crippen molar-refractivity contribution in [2.45, 2.75) is 32.1 Å². The maximum absolute atomic E-state index is 12.5. The quantitative estimate of drug-likeness (QED) is 0.678. The zero-order valence-electron chi connectivity index (χ0n) is 13.7. The van der Waals surface area contributed by atoms with Crippen LogP contribution >= 0.6 is 27.5 Å². The molecule has 0 radical (unpaired) electrons. The van der Waals surface area contributed by atoms with E-state index < -0.39 is 0 Å². The average Bonchev–Trinajstić information content (AvgIpc) is 2.64. The molecule has 0 aliphatic heterocycles. The number of amides is 1. The Kier molecular flexibility index (Phi) is 6.26. The van der Waals surface area contributed by atoms with Crippen LogP contribution in [0.2, 0.25) is 5.15 Å². The second kappa shape index (κ2) is 8.63. The van der Waals surface area contributed by atoms with Gasteiger partial charge in [-0.1, -0.05) is 30.9 Å². The first-order valence-electron chi connectivity index (χ1n) is 8.33. The Morgan fingerprint density at radius 3 is 2.92 bits per heavy atom. The molecule has 7 heteroatoms. The standard InChI is InChI=1S/C18H19BrClN3O2/c19-13-9-14(16(20)22-10-13)18(24)23-17-15(7-4-8-21-17)25-11-12-5-2-1-3-6-12/h4,7-10,12H,1-3,5-6,11H2,(H,21,23,24). The first kappa shape index (κ1) is 18.1. The van der Waals surface area contributed by atoms with E-state index in [4.69, 9.17) is 16.3 Å². The molecule has 1 saturated carbocycles. The molecule has 2 heterocycles. The lowest BCUT2D eigenvalue weighted by atomic mass is 9.90. The molecule has 5 nitrogen and oxygen atoms in total. The molecule has 0 aromatic carbocycles. The van der Waals surface area contributed by atoms with Crippen LogP contribution in [0, 0.1) is 5.92 Å². The number of pyridine rings is 2. The van der Waals surface area contributed by atoms with E-state index in [1.807, 2.05) is 6.07 Å². The Balaban J connectivity index is 1.69. The fourth-order valence-corrected chi connectivity index (χ4v) is 3.44. The van der Waals surface area contributed by atoms with Crippen molar-refractivity contribution in [3.05, 3.63) is 45.8 Å². The van der Waals surface area contributed by atoms with Gasteiger partial charge < -0.3 is 10.1 Å². The van der Waals surface area contributed by atoms with Crippen molar-refractivity contribution in [2.75, 3.05) is 11.9 Å². The minimum Gasteiger partial charge on any atom is -0.489 e. The van der Waals surface area contributed by atoms with Gasteiger partial charge in [0.05, 0.1) is 12.2 Å².